The van der Waals surface area contributed by atoms with E-state index in [2.05, 4.69) is 19.8 Å². The minimum atomic E-state index is -4.68. The van der Waals surface area contributed by atoms with Crippen LogP contribution < -0.4 is 4.72 Å². The normalized spacial score (nSPS) is 12.0. The maximum Gasteiger partial charge on any atom is 0.433 e. The van der Waals surface area contributed by atoms with E-state index in [1.807, 2.05) is 0 Å². The number of aromatic nitrogens is 4. The van der Waals surface area contributed by atoms with Gasteiger partial charge in [0.05, 0.1) is 22.5 Å². The van der Waals surface area contributed by atoms with Crippen LogP contribution in [0, 0.1) is 0 Å². The summed E-state index contributed by atoms with van der Waals surface area (Å²) in [6, 6.07) is 14.3. The van der Waals surface area contributed by atoms with Crippen molar-refractivity contribution in [2.45, 2.75) is 11.1 Å². The first-order chi connectivity index (χ1) is 14.7. The molecule has 1 N–H and O–H groups in total. The molecule has 0 amide bonds. The van der Waals surface area contributed by atoms with Gasteiger partial charge in [-0.25, -0.2) is 18.1 Å². The highest BCUT2D eigenvalue weighted by molar-refractivity contribution is 7.92. The molecule has 0 aliphatic rings. The van der Waals surface area contributed by atoms with Gasteiger partial charge in [0.25, 0.3) is 10.0 Å². The first kappa shape index (κ1) is 20.5. The Morgan fingerprint density at radius 2 is 1.71 bits per heavy atom. The van der Waals surface area contributed by atoms with Gasteiger partial charge in [0, 0.05) is 18.0 Å². The summed E-state index contributed by atoms with van der Waals surface area (Å²) in [6.45, 7) is 0. The molecule has 0 fully saturated rings. The maximum atomic E-state index is 13.6. The van der Waals surface area contributed by atoms with Crippen molar-refractivity contribution in [1.29, 1.82) is 0 Å². The maximum absolute atomic E-state index is 13.6. The SMILES string of the molecule is O=S(=O)(Nc1ccc(-n2nc(-c3cccnc3)cc2C(F)(F)F)nc1)c1ccccc1. The zero-order valence-electron chi connectivity index (χ0n) is 15.7. The zero-order valence-corrected chi connectivity index (χ0v) is 16.5. The van der Waals surface area contributed by atoms with Gasteiger partial charge < -0.3 is 0 Å². The summed E-state index contributed by atoms with van der Waals surface area (Å²) in [5.74, 6) is -0.120. The molecule has 158 valence electrons. The summed E-state index contributed by atoms with van der Waals surface area (Å²) < 4.78 is 68.5. The Morgan fingerprint density at radius 1 is 0.935 bits per heavy atom. The van der Waals surface area contributed by atoms with E-state index in [1.165, 1.54) is 36.7 Å². The van der Waals surface area contributed by atoms with Crippen LogP contribution in [-0.2, 0) is 16.2 Å². The topological polar surface area (TPSA) is 89.8 Å². The van der Waals surface area contributed by atoms with Gasteiger partial charge in [-0.05, 0) is 42.5 Å². The summed E-state index contributed by atoms with van der Waals surface area (Å²) >= 11 is 0. The van der Waals surface area contributed by atoms with Crippen LogP contribution in [0.2, 0.25) is 0 Å². The molecule has 0 spiro atoms. The summed E-state index contributed by atoms with van der Waals surface area (Å²) in [5, 5.41) is 4.02. The first-order valence-corrected chi connectivity index (χ1v) is 10.3. The fourth-order valence-electron chi connectivity index (χ4n) is 2.80. The van der Waals surface area contributed by atoms with Gasteiger partial charge in [-0.1, -0.05) is 18.2 Å². The highest BCUT2D eigenvalue weighted by atomic mass is 32.2. The fraction of sp³-hybridized carbons (Fsp3) is 0.0500. The average Bonchev–Trinajstić information content (AvgIpc) is 3.22. The van der Waals surface area contributed by atoms with Gasteiger partial charge in [0.15, 0.2) is 11.5 Å². The number of hydrogen-bond acceptors (Lipinski definition) is 5. The third-order valence-electron chi connectivity index (χ3n) is 4.23. The van der Waals surface area contributed by atoms with Crippen LogP contribution in [0.1, 0.15) is 5.69 Å². The number of alkyl halides is 3. The van der Waals surface area contributed by atoms with Gasteiger partial charge in [-0.3, -0.25) is 9.71 Å². The van der Waals surface area contributed by atoms with Crippen molar-refractivity contribution in [2.75, 3.05) is 4.72 Å². The van der Waals surface area contributed by atoms with Crippen molar-refractivity contribution >= 4 is 15.7 Å². The Hall–Kier alpha value is -3.73. The molecule has 0 saturated heterocycles. The van der Waals surface area contributed by atoms with Gasteiger partial charge in [-0.2, -0.15) is 18.3 Å². The molecule has 0 atom stereocenters. The quantitative estimate of drug-likeness (QED) is 0.499. The monoisotopic (exact) mass is 445 g/mol. The molecule has 31 heavy (non-hydrogen) atoms. The lowest BCUT2D eigenvalue weighted by Gasteiger charge is -2.11. The Bertz CT molecular complexity index is 1290. The molecular weight excluding hydrogens is 431 g/mol. The van der Waals surface area contributed by atoms with Crippen LogP contribution in [0.4, 0.5) is 18.9 Å². The van der Waals surface area contributed by atoms with Crippen molar-refractivity contribution in [3.8, 4) is 17.1 Å². The van der Waals surface area contributed by atoms with E-state index in [4.69, 9.17) is 0 Å². The van der Waals surface area contributed by atoms with Crippen LogP contribution in [0.3, 0.4) is 0 Å². The molecule has 3 aromatic heterocycles. The van der Waals surface area contributed by atoms with Crippen LogP contribution >= 0.6 is 0 Å². The summed E-state index contributed by atoms with van der Waals surface area (Å²) in [5.41, 5.74) is -0.424. The van der Waals surface area contributed by atoms with E-state index in [0.717, 1.165) is 12.3 Å². The number of rotatable bonds is 5. The van der Waals surface area contributed by atoms with Crippen molar-refractivity contribution < 1.29 is 21.6 Å². The second-order valence-corrected chi connectivity index (χ2v) is 8.07. The van der Waals surface area contributed by atoms with E-state index >= 15 is 0 Å². The van der Waals surface area contributed by atoms with E-state index in [9.17, 15) is 21.6 Å². The van der Waals surface area contributed by atoms with Gasteiger partial charge in [0.1, 0.15) is 0 Å². The number of nitrogens with zero attached hydrogens (tertiary/aromatic N) is 4. The highest BCUT2D eigenvalue weighted by Crippen LogP contribution is 2.33. The fourth-order valence-corrected chi connectivity index (χ4v) is 3.86. The number of hydrogen-bond donors (Lipinski definition) is 1. The highest BCUT2D eigenvalue weighted by Gasteiger charge is 2.36. The van der Waals surface area contributed by atoms with Crippen molar-refractivity contribution in [3.05, 3.63) is 84.9 Å². The minimum absolute atomic E-state index is 0.0478. The number of sulfonamides is 1. The molecule has 11 heteroatoms. The molecule has 0 aliphatic carbocycles. The summed E-state index contributed by atoms with van der Waals surface area (Å²) in [6.07, 6.45) is -0.645. The number of benzene rings is 1. The molecule has 4 rings (SSSR count). The number of halogens is 3. The van der Waals surface area contributed by atoms with Gasteiger partial charge in [0.2, 0.25) is 0 Å². The minimum Gasteiger partial charge on any atom is -0.278 e. The molecule has 0 unspecified atom stereocenters. The average molecular weight is 445 g/mol. The second-order valence-electron chi connectivity index (χ2n) is 6.39. The molecule has 3 heterocycles. The van der Waals surface area contributed by atoms with Crippen LogP contribution in [-0.4, -0.2) is 28.2 Å². The van der Waals surface area contributed by atoms with Crippen molar-refractivity contribution in [3.63, 3.8) is 0 Å². The number of anilines is 1. The first-order valence-electron chi connectivity index (χ1n) is 8.86. The zero-order chi connectivity index (χ0) is 22.1. The van der Waals surface area contributed by atoms with Gasteiger partial charge in [-0.15, -0.1) is 0 Å². The molecule has 0 bridgehead atoms. The lowest BCUT2D eigenvalue weighted by atomic mass is 10.2. The van der Waals surface area contributed by atoms with Crippen LogP contribution in [0.25, 0.3) is 17.1 Å². The molecule has 4 aromatic rings. The smallest absolute Gasteiger partial charge is 0.278 e. The predicted molar refractivity (Wildman–Crippen MR) is 107 cm³/mol. The summed E-state index contributed by atoms with van der Waals surface area (Å²) in [7, 11) is -3.85. The standard InChI is InChI=1S/C20H14F3N5O2S/c21-20(22,23)18-11-17(14-5-4-10-24-12-14)26-28(18)19-9-8-15(13-25-19)27-31(29,30)16-6-2-1-3-7-16/h1-13,27H. The van der Waals surface area contributed by atoms with E-state index in [1.54, 1.807) is 30.3 Å². The second kappa shape index (κ2) is 7.84. The Labute approximate surface area is 175 Å². The van der Waals surface area contributed by atoms with Gasteiger partial charge >= 0.3 is 6.18 Å². The largest absolute Gasteiger partial charge is 0.433 e. The third kappa shape index (κ3) is 4.40. The number of pyridine rings is 2. The lowest BCUT2D eigenvalue weighted by Crippen LogP contribution is -2.15. The Morgan fingerprint density at radius 3 is 2.32 bits per heavy atom. The molecule has 0 saturated carbocycles. The van der Waals surface area contributed by atoms with E-state index in [0.29, 0.717) is 10.2 Å². The predicted octanol–water partition coefficient (Wildman–Crippen LogP) is 4.15. The lowest BCUT2D eigenvalue weighted by molar-refractivity contribution is -0.142. The van der Waals surface area contributed by atoms with Crippen molar-refractivity contribution in [2.24, 2.45) is 0 Å². The summed E-state index contributed by atoms with van der Waals surface area (Å²) in [4.78, 5) is 7.91. The molecule has 0 radical (unpaired) electrons. The number of nitrogens with one attached hydrogen (secondary N) is 1. The molecule has 7 nitrogen and oxygen atoms in total. The van der Waals surface area contributed by atoms with E-state index in [-0.39, 0.29) is 22.1 Å². The van der Waals surface area contributed by atoms with Crippen LogP contribution in [0.15, 0.2) is 84.1 Å². The molecule has 0 aliphatic heterocycles. The molecular formula is C20H14F3N5O2S. The molecule has 1 aromatic carbocycles. The third-order valence-corrected chi connectivity index (χ3v) is 5.62. The Balaban J connectivity index is 1.67. The Kier molecular flexibility index (Phi) is 5.19. The van der Waals surface area contributed by atoms with Crippen LogP contribution in [0.5, 0.6) is 0 Å². The van der Waals surface area contributed by atoms with E-state index < -0.39 is 21.9 Å². The van der Waals surface area contributed by atoms with Crippen molar-refractivity contribution in [1.82, 2.24) is 19.7 Å².